The highest BCUT2D eigenvalue weighted by molar-refractivity contribution is 5.29. The van der Waals surface area contributed by atoms with Crippen LogP contribution in [0.15, 0.2) is 24.3 Å². The van der Waals surface area contributed by atoms with Crippen molar-refractivity contribution in [2.24, 2.45) is 5.92 Å². The molecule has 4 heteroatoms. The monoisotopic (exact) mass is 243 g/mol. The van der Waals surface area contributed by atoms with Crippen LogP contribution in [0.3, 0.4) is 0 Å². The molecule has 17 heavy (non-hydrogen) atoms. The zero-order valence-corrected chi connectivity index (χ0v) is 10.4. The third kappa shape index (κ3) is 4.30. The Morgan fingerprint density at radius 2 is 1.76 bits per heavy atom. The van der Waals surface area contributed by atoms with E-state index in [1.165, 1.54) is 0 Å². The van der Waals surface area contributed by atoms with Crippen LogP contribution in [0, 0.1) is 5.92 Å². The highest BCUT2D eigenvalue weighted by Gasteiger charge is 2.14. The predicted molar refractivity (Wildman–Crippen MR) is 64.3 cm³/mol. The average Bonchev–Trinajstić information content (AvgIpc) is 2.26. The van der Waals surface area contributed by atoms with Crippen LogP contribution in [-0.2, 0) is 0 Å². The standard InChI is InChI=1S/C13H19F2NO/c1-4-16-12(9(2)3)10-5-7-11(8-6-10)17-13(14)15/h5-9,12-13,16H,4H2,1-3H3. The minimum Gasteiger partial charge on any atom is -0.435 e. The van der Waals surface area contributed by atoms with Gasteiger partial charge in [0.25, 0.3) is 0 Å². The number of rotatable bonds is 6. The first-order valence-corrected chi connectivity index (χ1v) is 5.82. The molecule has 2 nitrogen and oxygen atoms in total. The van der Waals surface area contributed by atoms with Gasteiger partial charge in [0.1, 0.15) is 5.75 Å². The van der Waals surface area contributed by atoms with E-state index < -0.39 is 6.61 Å². The fraction of sp³-hybridized carbons (Fsp3) is 0.538. The van der Waals surface area contributed by atoms with Crippen LogP contribution in [-0.4, -0.2) is 13.2 Å². The number of nitrogens with one attached hydrogen (secondary N) is 1. The number of alkyl halides is 2. The van der Waals surface area contributed by atoms with Crippen LogP contribution in [0.5, 0.6) is 5.75 Å². The van der Waals surface area contributed by atoms with E-state index in [-0.39, 0.29) is 11.8 Å². The molecule has 0 saturated heterocycles. The summed E-state index contributed by atoms with van der Waals surface area (Å²) in [5.74, 6) is 0.638. The van der Waals surface area contributed by atoms with E-state index in [9.17, 15) is 8.78 Å². The Labute approximate surface area is 101 Å². The van der Waals surface area contributed by atoms with Crippen molar-refractivity contribution < 1.29 is 13.5 Å². The van der Waals surface area contributed by atoms with E-state index in [2.05, 4.69) is 23.9 Å². The number of ether oxygens (including phenoxy) is 1. The van der Waals surface area contributed by atoms with Gasteiger partial charge in [0, 0.05) is 6.04 Å². The third-order valence-corrected chi connectivity index (χ3v) is 2.56. The normalized spacial score (nSPS) is 13.1. The lowest BCUT2D eigenvalue weighted by molar-refractivity contribution is -0.0498. The Hall–Kier alpha value is -1.16. The largest absolute Gasteiger partial charge is 0.435 e. The van der Waals surface area contributed by atoms with Gasteiger partial charge in [-0.05, 0) is 30.2 Å². The zero-order chi connectivity index (χ0) is 12.8. The van der Waals surface area contributed by atoms with Crippen LogP contribution < -0.4 is 10.1 Å². The molecule has 0 aliphatic rings. The molecule has 1 unspecified atom stereocenters. The first-order chi connectivity index (χ1) is 8.04. The maximum absolute atomic E-state index is 12.0. The zero-order valence-electron chi connectivity index (χ0n) is 10.4. The lowest BCUT2D eigenvalue weighted by atomic mass is 9.96. The number of benzene rings is 1. The van der Waals surface area contributed by atoms with Gasteiger partial charge in [-0.3, -0.25) is 0 Å². The lowest BCUT2D eigenvalue weighted by Gasteiger charge is -2.22. The quantitative estimate of drug-likeness (QED) is 0.824. The highest BCUT2D eigenvalue weighted by Crippen LogP contribution is 2.24. The molecule has 1 rings (SSSR count). The van der Waals surface area contributed by atoms with Gasteiger partial charge in [0.2, 0.25) is 0 Å². The summed E-state index contributed by atoms with van der Waals surface area (Å²) in [4.78, 5) is 0. The van der Waals surface area contributed by atoms with E-state index in [4.69, 9.17) is 0 Å². The van der Waals surface area contributed by atoms with Crippen molar-refractivity contribution in [3.8, 4) is 5.75 Å². The summed E-state index contributed by atoms with van der Waals surface area (Å²) in [7, 11) is 0. The Kier molecular flexibility index (Phi) is 5.35. The molecule has 1 aromatic carbocycles. The summed E-state index contributed by atoms with van der Waals surface area (Å²) < 4.78 is 28.3. The van der Waals surface area contributed by atoms with Gasteiger partial charge in [0.05, 0.1) is 0 Å². The molecule has 0 radical (unpaired) electrons. The molecule has 1 aromatic rings. The van der Waals surface area contributed by atoms with E-state index in [1.807, 2.05) is 19.1 Å². The van der Waals surface area contributed by atoms with Gasteiger partial charge in [-0.2, -0.15) is 8.78 Å². The summed E-state index contributed by atoms with van der Waals surface area (Å²) in [6, 6.07) is 7.04. The van der Waals surface area contributed by atoms with E-state index in [0.29, 0.717) is 5.92 Å². The van der Waals surface area contributed by atoms with E-state index in [1.54, 1.807) is 12.1 Å². The molecular formula is C13H19F2NO. The molecule has 0 aliphatic heterocycles. The Bertz CT molecular complexity index is 325. The second-order valence-electron chi connectivity index (χ2n) is 4.23. The predicted octanol–water partition coefficient (Wildman–Crippen LogP) is 3.59. The first-order valence-electron chi connectivity index (χ1n) is 5.82. The second-order valence-corrected chi connectivity index (χ2v) is 4.23. The lowest BCUT2D eigenvalue weighted by Crippen LogP contribution is -2.25. The average molecular weight is 243 g/mol. The number of hydrogen-bond acceptors (Lipinski definition) is 2. The number of halogens is 2. The third-order valence-electron chi connectivity index (χ3n) is 2.56. The summed E-state index contributed by atoms with van der Waals surface area (Å²) in [5.41, 5.74) is 1.09. The van der Waals surface area contributed by atoms with Crippen molar-refractivity contribution >= 4 is 0 Å². The van der Waals surface area contributed by atoms with Crippen LogP contribution in [0.2, 0.25) is 0 Å². The van der Waals surface area contributed by atoms with Gasteiger partial charge in [-0.1, -0.05) is 32.9 Å². The minimum atomic E-state index is -2.77. The molecule has 0 saturated carbocycles. The van der Waals surface area contributed by atoms with Crippen LogP contribution in [0.1, 0.15) is 32.4 Å². The van der Waals surface area contributed by atoms with Gasteiger partial charge in [-0.25, -0.2) is 0 Å². The number of hydrogen-bond donors (Lipinski definition) is 1. The van der Waals surface area contributed by atoms with Crippen molar-refractivity contribution in [1.82, 2.24) is 5.32 Å². The Balaban J connectivity index is 2.77. The maximum atomic E-state index is 12.0. The molecule has 1 atom stereocenters. The SMILES string of the molecule is CCNC(c1ccc(OC(F)F)cc1)C(C)C. The fourth-order valence-corrected chi connectivity index (χ4v) is 1.81. The molecule has 0 spiro atoms. The highest BCUT2D eigenvalue weighted by atomic mass is 19.3. The van der Waals surface area contributed by atoms with E-state index in [0.717, 1.165) is 12.1 Å². The van der Waals surface area contributed by atoms with Gasteiger partial charge in [0.15, 0.2) is 0 Å². The smallest absolute Gasteiger partial charge is 0.387 e. The first kappa shape index (κ1) is 13.9. The second kappa shape index (κ2) is 6.55. The topological polar surface area (TPSA) is 21.3 Å². The molecule has 0 fully saturated rings. The summed E-state index contributed by atoms with van der Waals surface area (Å²) in [6.45, 7) is 4.39. The van der Waals surface area contributed by atoms with Crippen molar-refractivity contribution in [3.05, 3.63) is 29.8 Å². The fourth-order valence-electron chi connectivity index (χ4n) is 1.81. The molecular weight excluding hydrogens is 224 g/mol. The molecule has 0 bridgehead atoms. The van der Waals surface area contributed by atoms with Crippen LogP contribution >= 0.6 is 0 Å². The van der Waals surface area contributed by atoms with Crippen molar-refractivity contribution in [2.45, 2.75) is 33.4 Å². The molecule has 0 aliphatic carbocycles. The van der Waals surface area contributed by atoms with Crippen LogP contribution in [0.25, 0.3) is 0 Å². The summed E-state index contributed by atoms with van der Waals surface area (Å²) in [6.07, 6.45) is 0. The molecule has 96 valence electrons. The maximum Gasteiger partial charge on any atom is 0.387 e. The van der Waals surface area contributed by atoms with Crippen molar-refractivity contribution in [2.75, 3.05) is 6.54 Å². The molecule has 0 aromatic heterocycles. The molecule has 1 N–H and O–H groups in total. The Morgan fingerprint density at radius 1 is 1.18 bits per heavy atom. The Morgan fingerprint density at radius 3 is 2.18 bits per heavy atom. The summed E-state index contributed by atoms with van der Waals surface area (Å²) in [5, 5.41) is 3.37. The summed E-state index contributed by atoms with van der Waals surface area (Å²) >= 11 is 0. The molecule has 0 heterocycles. The molecule has 0 amide bonds. The van der Waals surface area contributed by atoms with Crippen molar-refractivity contribution in [3.63, 3.8) is 0 Å². The van der Waals surface area contributed by atoms with Gasteiger partial charge in [-0.15, -0.1) is 0 Å². The van der Waals surface area contributed by atoms with Gasteiger partial charge < -0.3 is 10.1 Å². The van der Waals surface area contributed by atoms with E-state index >= 15 is 0 Å². The van der Waals surface area contributed by atoms with Crippen molar-refractivity contribution in [1.29, 1.82) is 0 Å². The van der Waals surface area contributed by atoms with Crippen LogP contribution in [0.4, 0.5) is 8.78 Å². The van der Waals surface area contributed by atoms with Gasteiger partial charge >= 0.3 is 6.61 Å². The minimum absolute atomic E-state index is 0.197.